The maximum atomic E-state index is 12.9. The number of hydrogen-bond donors (Lipinski definition) is 3. The molecule has 13 heteroatoms. The highest BCUT2D eigenvalue weighted by Gasteiger charge is 2.35. The van der Waals surface area contributed by atoms with Gasteiger partial charge in [0.1, 0.15) is 18.5 Å². The van der Waals surface area contributed by atoms with E-state index >= 15 is 0 Å². The van der Waals surface area contributed by atoms with Crippen LogP contribution in [0.3, 0.4) is 0 Å². The number of carboxylic acid groups (broad SMARTS) is 1. The van der Waals surface area contributed by atoms with Crippen molar-refractivity contribution in [2.45, 2.75) is 12.3 Å². The average Bonchev–Trinajstić information content (AvgIpc) is 3.10. The number of aromatic nitrogens is 1. The second-order valence-electron chi connectivity index (χ2n) is 6.55. The number of carbonyl (C=O) groups excluding carboxylic acids is 2. The Hall–Kier alpha value is -2.64. The first-order valence-electron chi connectivity index (χ1n) is 8.80. The van der Waals surface area contributed by atoms with Gasteiger partial charge < -0.3 is 25.9 Å². The van der Waals surface area contributed by atoms with E-state index in [1.54, 1.807) is 6.92 Å². The first kappa shape index (κ1) is 23.6. The fourth-order valence-corrected chi connectivity index (χ4v) is 4.41. The minimum atomic E-state index is -1.18. The summed E-state index contributed by atoms with van der Waals surface area (Å²) in [7, 11) is 4.92. The van der Waals surface area contributed by atoms with Gasteiger partial charge in [-0.2, -0.15) is 0 Å². The number of carboxylic acids is 1. The summed E-state index contributed by atoms with van der Waals surface area (Å²) in [6, 6.07) is 0. The van der Waals surface area contributed by atoms with E-state index in [0.29, 0.717) is 17.9 Å². The summed E-state index contributed by atoms with van der Waals surface area (Å²) in [4.78, 5) is 49.0. The van der Waals surface area contributed by atoms with Gasteiger partial charge >= 0.3 is 5.97 Å². The zero-order valence-corrected chi connectivity index (χ0v) is 18.7. The Morgan fingerprint density at radius 1 is 1.47 bits per heavy atom. The lowest BCUT2D eigenvalue weighted by Crippen LogP contribution is -2.48. The molecule has 0 fully saturated rings. The second kappa shape index (κ2) is 10.4. The molecule has 4 N–H and O–H groups in total. The van der Waals surface area contributed by atoms with Crippen molar-refractivity contribution in [3.05, 3.63) is 22.3 Å². The minimum absolute atomic E-state index is 0.0488. The second-order valence-corrected chi connectivity index (χ2v) is 8.74. The van der Waals surface area contributed by atoms with Crippen LogP contribution in [0, 0.1) is 0 Å². The van der Waals surface area contributed by atoms with Crippen molar-refractivity contribution in [2.24, 2.45) is 5.16 Å². The molecule has 2 amide bonds. The molecule has 2 rings (SSSR count). The van der Waals surface area contributed by atoms with Gasteiger partial charge in [0, 0.05) is 17.7 Å². The highest BCUT2D eigenvalue weighted by atomic mass is 32.2. The predicted octanol–water partition coefficient (Wildman–Crippen LogP) is 0.0137. The summed E-state index contributed by atoms with van der Waals surface area (Å²) in [6.07, 6.45) is 0. The molecular formula is C17H24N6O5S2. The summed E-state index contributed by atoms with van der Waals surface area (Å²) >= 11 is 2.58. The smallest absolute Gasteiger partial charge is 0.352 e. The Labute approximate surface area is 181 Å². The van der Waals surface area contributed by atoms with Crippen LogP contribution < -0.4 is 11.1 Å². The van der Waals surface area contributed by atoms with Gasteiger partial charge in [0.05, 0.1) is 11.9 Å². The predicted molar refractivity (Wildman–Crippen MR) is 115 cm³/mol. The molecule has 1 aliphatic heterocycles. The number of oxime groups is 1. The van der Waals surface area contributed by atoms with Crippen LogP contribution in [-0.2, 0) is 19.2 Å². The van der Waals surface area contributed by atoms with E-state index < -0.39 is 29.7 Å². The fourth-order valence-electron chi connectivity index (χ4n) is 2.82. The molecule has 0 bridgehead atoms. The van der Waals surface area contributed by atoms with Crippen molar-refractivity contribution in [1.29, 1.82) is 0 Å². The Bertz CT molecular complexity index is 882. The van der Waals surface area contributed by atoms with Gasteiger partial charge in [0.25, 0.3) is 5.91 Å². The number of likely N-dealkylation sites (N-methyl/N-ethyl adjacent to an activating group) is 1. The monoisotopic (exact) mass is 456 g/mol. The van der Waals surface area contributed by atoms with Gasteiger partial charge in [-0.3, -0.25) is 14.5 Å². The number of thiazole rings is 1. The van der Waals surface area contributed by atoms with Crippen molar-refractivity contribution in [2.75, 3.05) is 45.8 Å². The molecule has 11 nitrogen and oxygen atoms in total. The molecule has 0 unspecified atom stereocenters. The maximum Gasteiger partial charge on any atom is 0.352 e. The van der Waals surface area contributed by atoms with Crippen LogP contribution in [0.2, 0.25) is 0 Å². The molecule has 0 aromatic carbocycles. The van der Waals surface area contributed by atoms with Crippen molar-refractivity contribution < 1.29 is 24.3 Å². The van der Waals surface area contributed by atoms with Crippen LogP contribution in [0.5, 0.6) is 0 Å². The fraction of sp³-hybridized carbons (Fsp3) is 0.471. The number of nitrogens with one attached hydrogen (secondary N) is 1. The number of carbonyl (C=O) groups is 3. The lowest BCUT2D eigenvalue weighted by molar-refractivity contribution is -0.140. The van der Waals surface area contributed by atoms with E-state index in [0.717, 1.165) is 11.3 Å². The zero-order valence-electron chi connectivity index (χ0n) is 17.0. The van der Waals surface area contributed by atoms with E-state index in [9.17, 15) is 19.5 Å². The Morgan fingerprint density at radius 2 is 2.17 bits per heavy atom. The molecule has 1 aliphatic rings. The van der Waals surface area contributed by atoms with Gasteiger partial charge in [-0.1, -0.05) is 5.16 Å². The van der Waals surface area contributed by atoms with Crippen molar-refractivity contribution >= 4 is 51.7 Å². The summed E-state index contributed by atoms with van der Waals surface area (Å²) in [5.41, 5.74) is 6.25. The lowest BCUT2D eigenvalue weighted by atomic mass is 10.1. The van der Waals surface area contributed by atoms with Gasteiger partial charge in [0.2, 0.25) is 5.91 Å². The molecular weight excluding hydrogens is 432 g/mol. The van der Waals surface area contributed by atoms with Gasteiger partial charge in [-0.25, -0.2) is 9.78 Å². The van der Waals surface area contributed by atoms with Crippen LogP contribution in [0.25, 0.3) is 0 Å². The third-order valence-electron chi connectivity index (χ3n) is 3.98. The maximum absolute atomic E-state index is 12.9. The van der Waals surface area contributed by atoms with E-state index in [1.165, 1.54) is 29.2 Å². The third kappa shape index (κ3) is 5.70. The van der Waals surface area contributed by atoms with Gasteiger partial charge in [-0.15, -0.1) is 23.1 Å². The number of hydrogen-bond acceptors (Lipinski definition) is 10. The number of rotatable bonds is 8. The van der Waals surface area contributed by atoms with Crippen molar-refractivity contribution in [3.63, 3.8) is 0 Å². The normalized spacial score (nSPS) is 17.3. The molecule has 0 spiro atoms. The Kier molecular flexibility index (Phi) is 8.20. The van der Waals surface area contributed by atoms with E-state index in [2.05, 4.69) is 15.5 Å². The largest absolute Gasteiger partial charge is 0.477 e. The molecule has 0 aliphatic carbocycles. The topological polar surface area (TPSA) is 150 Å². The molecule has 0 saturated carbocycles. The van der Waals surface area contributed by atoms with Gasteiger partial charge in [0.15, 0.2) is 10.8 Å². The number of aliphatic carboxylic acids is 1. The molecule has 1 aromatic heterocycles. The number of nitrogen functional groups attached to an aromatic ring is 1. The molecule has 0 saturated heterocycles. The van der Waals surface area contributed by atoms with Crippen LogP contribution in [0.1, 0.15) is 12.6 Å². The number of nitrogens with two attached hydrogens (primary N) is 1. The van der Waals surface area contributed by atoms with E-state index in [-0.39, 0.29) is 22.2 Å². The average molecular weight is 457 g/mol. The standard InChI is InChI=1S/C17H24N6O5S2/c1-9-23(14(16(26)27)10(7-29-9)6-22(2)3)12(24)5-19-15(25)13(21-28-4)11-8-30-17(18)20-11/h8-9H,5-7H2,1-4H3,(H2,18,20)(H,19,25)(H,26,27)/b21-13-/t9-/m1/s1. The van der Waals surface area contributed by atoms with Gasteiger partial charge in [-0.05, 0) is 26.6 Å². The quantitative estimate of drug-likeness (QED) is 0.363. The highest BCUT2D eigenvalue weighted by Crippen LogP contribution is 2.31. The van der Waals surface area contributed by atoms with Crippen LogP contribution in [0.15, 0.2) is 21.8 Å². The number of thioether (sulfide) groups is 1. The zero-order chi connectivity index (χ0) is 22.4. The van der Waals surface area contributed by atoms with Crippen molar-refractivity contribution in [3.8, 4) is 0 Å². The summed E-state index contributed by atoms with van der Waals surface area (Å²) < 4.78 is 0. The minimum Gasteiger partial charge on any atom is -0.477 e. The summed E-state index contributed by atoms with van der Waals surface area (Å²) in [5.74, 6) is -1.92. The number of nitrogens with zero attached hydrogens (tertiary/aromatic N) is 4. The Morgan fingerprint density at radius 3 is 2.70 bits per heavy atom. The third-order valence-corrected chi connectivity index (χ3v) is 5.86. The first-order valence-corrected chi connectivity index (χ1v) is 10.7. The molecule has 0 radical (unpaired) electrons. The molecule has 30 heavy (non-hydrogen) atoms. The van der Waals surface area contributed by atoms with Crippen LogP contribution in [-0.4, -0.2) is 88.8 Å². The summed E-state index contributed by atoms with van der Waals surface area (Å²) in [6.45, 7) is 1.74. The van der Waals surface area contributed by atoms with E-state index in [4.69, 9.17) is 10.6 Å². The highest BCUT2D eigenvalue weighted by molar-refractivity contribution is 8.00. The van der Waals surface area contributed by atoms with Crippen LogP contribution >= 0.6 is 23.1 Å². The molecule has 164 valence electrons. The van der Waals surface area contributed by atoms with E-state index in [1.807, 2.05) is 19.0 Å². The molecule has 2 heterocycles. The Balaban J connectivity index is 2.19. The first-order chi connectivity index (χ1) is 14.1. The number of amides is 2. The summed E-state index contributed by atoms with van der Waals surface area (Å²) in [5, 5.41) is 17.2. The molecule has 1 atom stereocenters. The SMILES string of the molecule is CO/N=C(\C(=O)NCC(=O)N1C(C(=O)O)=C(CN(C)C)CS[C@@H]1C)c1csc(N)n1. The lowest BCUT2D eigenvalue weighted by Gasteiger charge is -2.35. The number of anilines is 1. The van der Waals surface area contributed by atoms with Crippen LogP contribution in [0.4, 0.5) is 5.13 Å². The molecule has 1 aromatic rings. The van der Waals surface area contributed by atoms with Crippen molar-refractivity contribution in [1.82, 2.24) is 20.1 Å².